The molecule has 1 aliphatic heterocycles. The number of hydrogen-bond donors (Lipinski definition) is 2. The summed E-state index contributed by atoms with van der Waals surface area (Å²) in [7, 11) is -3.93. The molecule has 5 aromatic carbocycles. The van der Waals surface area contributed by atoms with E-state index >= 15 is 0 Å². The van der Waals surface area contributed by atoms with E-state index in [9.17, 15) is 13.5 Å². The summed E-state index contributed by atoms with van der Waals surface area (Å²) in [6.07, 6.45) is 1.08. The van der Waals surface area contributed by atoms with Crippen LogP contribution in [0.1, 0.15) is 47.9 Å². The number of nitrogens with two attached hydrogens (primary N) is 1. The van der Waals surface area contributed by atoms with Crippen molar-refractivity contribution in [2.24, 2.45) is 5.73 Å². The van der Waals surface area contributed by atoms with Gasteiger partial charge in [0.25, 0.3) is 10.0 Å². The fourth-order valence-corrected chi connectivity index (χ4v) is 9.14. The lowest BCUT2D eigenvalue weighted by Gasteiger charge is -2.52. The molecule has 6 aromatic rings. The summed E-state index contributed by atoms with van der Waals surface area (Å²) in [5.41, 5.74) is 8.35. The molecule has 1 fully saturated rings. The van der Waals surface area contributed by atoms with Gasteiger partial charge >= 0.3 is 0 Å². The van der Waals surface area contributed by atoms with Gasteiger partial charge in [0, 0.05) is 18.2 Å². The predicted octanol–water partition coefficient (Wildman–Crippen LogP) is 7.80. The Labute approximate surface area is 347 Å². The smallest absolute Gasteiger partial charge is 0.268 e. The number of unbranched alkanes of at least 4 members (excludes halogenated alkanes) is 2. The topological polar surface area (TPSA) is 131 Å². The molecule has 59 heavy (non-hydrogen) atoms. The highest BCUT2D eigenvalue weighted by atomic mass is 32.2. The first kappa shape index (κ1) is 42.4. The lowest BCUT2D eigenvalue weighted by atomic mass is 9.81. The maximum Gasteiger partial charge on any atom is 0.268 e. The number of aryl methyl sites for hydroxylation is 1. The number of aliphatic hydroxyl groups is 1. The Kier molecular flexibility index (Phi) is 14.8. The van der Waals surface area contributed by atoms with E-state index in [0.717, 1.165) is 46.9 Å². The van der Waals surface area contributed by atoms with E-state index in [2.05, 4.69) is 0 Å². The predicted molar refractivity (Wildman–Crippen MR) is 228 cm³/mol. The maximum absolute atomic E-state index is 14.1. The second kappa shape index (κ2) is 20.5. The van der Waals surface area contributed by atoms with Crippen molar-refractivity contribution >= 4 is 20.9 Å². The molecule has 310 valence electrons. The van der Waals surface area contributed by atoms with Gasteiger partial charge in [0.1, 0.15) is 23.9 Å². The van der Waals surface area contributed by atoms with Gasteiger partial charge in [-0.25, -0.2) is 12.4 Å². The molecule has 1 aromatic heterocycles. The molecule has 0 spiro atoms. The number of aromatic nitrogens is 1. The molecule has 0 radical (unpaired) electrons. The molecule has 11 heteroatoms. The Morgan fingerprint density at radius 2 is 1.27 bits per heavy atom. The third-order valence-corrected chi connectivity index (χ3v) is 12.6. The fraction of sp³-hybridized carbons (Fsp3) is 0.333. The van der Waals surface area contributed by atoms with E-state index in [4.69, 9.17) is 29.4 Å². The minimum Gasteiger partial charge on any atom is -0.379 e. The van der Waals surface area contributed by atoms with Crippen molar-refractivity contribution in [3.05, 3.63) is 174 Å². The molecule has 0 saturated carbocycles. The van der Waals surface area contributed by atoms with Crippen LogP contribution >= 0.6 is 0 Å². The van der Waals surface area contributed by atoms with Gasteiger partial charge < -0.3 is 34.5 Å². The number of hydrogen-bond acceptors (Lipinski definition) is 9. The maximum atomic E-state index is 14.1. The zero-order chi connectivity index (χ0) is 40.9. The molecule has 0 unspecified atom stereocenters. The molecule has 0 bridgehead atoms. The molecular weight excluding hydrogens is 765 g/mol. The number of benzene rings is 5. The number of fused-ring (bicyclic) bond motifs is 1. The van der Waals surface area contributed by atoms with Crippen molar-refractivity contribution in [3.63, 3.8) is 0 Å². The molecule has 3 N–H and O–H groups in total. The highest BCUT2D eigenvalue weighted by molar-refractivity contribution is 7.90. The quantitative estimate of drug-likeness (QED) is 0.0699. The van der Waals surface area contributed by atoms with E-state index < -0.39 is 40.2 Å². The summed E-state index contributed by atoms with van der Waals surface area (Å²) < 4.78 is 63.0. The third kappa shape index (κ3) is 10.4. The monoisotopic (exact) mass is 818 g/mol. The first-order valence-corrected chi connectivity index (χ1v) is 21.8. The fourth-order valence-electron chi connectivity index (χ4n) is 7.72. The largest absolute Gasteiger partial charge is 0.379 e. The number of aliphatic hydroxyl groups excluding tert-OH is 1. The van der Waals surface area contributed by atoms with Crippen LogP contribution < -0.4 is 5.73 Å². The Balaban J connectivity index is 1.28. The molecule has 2 heterocycles. The Morgan fingerprint density at radius 1 is 0.695 bits per heavy atom. The van der Waals surface area contributed by atoms with Crippen LogP contribution in [0.25, 0.3) is 10.9 Å². The first-order valence-electron chi connectivity index (χ1n) is 20.4. The normalized spacial score (nSPS) is 20.8. The van der Waals surface area contributed by atoms with Gasteiger partial charge in [-0.3, -0.25) is 0 Å². The van der Waals surface area contributed by atoms with Crippen LogP contribution in [0.4, 0.5) is 0 Å². The molecule has 0 aliphatic carbocycles. The number of para-hydroxylation sites is 1. The molecule has 10 nitrogen and oxygen atoms in total. The van der Waals surface area contributed by atoms with Crippen molar-refractivity contribution in [2.45, 2.75) is 87.0 Å². The summed E-state index contributed by atoms with van der Waals surface area (Å²) >= 11 is 0. The van der Waals surface area contributed by atoms with Crippen LogP contribution in [0.15, 0.2) is 157 Å². The Bertz CT molecular complexity index is 2280. The number of ether oxygens (including phenoxy) is 5. The summed E-state index contributed by atoms with van der Waals surface area (Å²) in [5, 5.41) is 13.2. The molecule has 0 amide bonds. The van der Waals surface area contributed by atoms with Crippen molar-refractivity contribution in [3.8, 4) is 0 Å². The molecule has 7 rings (SSSR count). The van der Waals surface area contributed by atoms with E-state index in [0.29, 0.717) is 25.1 Å². The number of nitrogens with zero attached hydrogens (tertiary/aromatic N) is 1. The first-order chi connectivity index (χ1) is 28.9. The summed E-state index contributed by atoms with van der Waals surface area (Å²) in [4.78, 5) is 0.187. The van der Waals surface area contributed by atoms with Crippen LogP contribution in [0, 0.1) is 0 Å². The van der Waals surface area contributed by atoms with Gasteiger partial charge in [-0.05, 0) is 79.1 Å². The Morgan fingerprint density at radius 3 is 1.92 bits per heavy atom. The molecule has 5 atom stereocenters. The van der Waals surface area contributed by atoms with E-state index in [-0.39, 0.29) is 37.7 Å². The average molecular weight is 819 g/mol. The van der Waals surface area contributed by atoms with Crippen LogP contribution in [0.3, 0.4) is 0 Å². The van der Waals surface area contributed by atoms with E-state index in [1.807, 2.05) is 109 Å². The molecule has 1 saturated heterocycles. The van der Waals surface area contributed by atoms with Crippen LogP contribution in [-0.2, 0) is 59.9 Å². The van der Waals surface area contributed by atoms with Gasteiger partial charge in [0.2, 0.25) is 0 Å². The standard InChI is InChI=1S/C48H54N2O8S/c49-30-16-5-17-31-54-36-44-45(55-33-37-18-6-1-7-19-37)46(56-34-38-20-8-2-9-21-38)48(47(51)58-44,57-35-39-22-10-3-11-23-39)29-28-40-32-50(43-27-15-14-26-42(40)43)59(52,53)41-24-12-4-13-25-41/h1-4,6-15,18-27,32,44-47,51H,5,16-17,28-31,33-36,49H2/t44-,45-,46+,47-,48-/m1/s1. The minimum absolute atomic E-state index is 0.143. The second-order valence-electron chi connectivity index (χ2n) is 14.9. The van der Waals surface area contributed by atoms with Gasteiger partial charge in [0.05, 0.1) is 36.8 Å². The second-order valence-corrected chi connectivity index (χ2v) is 16.8. The van der Waals surface area contributed by atoms with Crippen LogP contribution in [-0.4, -0.2) is 67.5 Å². The zero-order valence-electron chi connectivity index (χ0n) is 33.3. The Hall–Kier alpha value is -4.69. The highest BCUT2D eigenvalue weighted by Gasteiger charge is 2.58. The van der Waals surface area contributed by atoms with E-state index in [1.165, 1.54) is 3.97 Å². The zero-order valence-corrected chi connectivity index (χ0v) is 34.1. The summed E-state index contributed by atoms with van der Waals surface area (Å²) in [5.74, 6) is 0. The molecule has 1 aliphatic rings. The van der Waals surface area contributed by atoms with E-state index in [1.54, 1.807) is 42.6 Å². The van der Waals surface area contributed by atoms with Crippen molar-refractivity contribution in [1.29, 1.82) is 0 Å². The SMILES string of the molecule is NCCCCCOC[C@H]1O[C@@H](O)[C@](CCc2cn(S(=O)(=O)c3ccccc3)c3ccccc23)(OCc2ccccc2)[C@@H](OCc2ccccc2)[C@@H]1OCc1ccccc1. The molecular formula is C48H54N2O8S. The minimum atomic E-state index is -3.93. The van der Waals surface area contributed by atoms with Crippen molar-refractivity contribution in [1.82, 2.24) is 3.97 Å². The summed E-state index contributed by atoms with van der Waals surface area (Å²) in [6.45, 7) is 1.89. The van der Waals surface area contributed by atoms with Gasteiger partial charge in [-0.2, -0.15) is 0 Å². The van der Waals surface area contributed by atoms with Crippen LogP contribution in [0.5, 0.6) is 0 Å². The van der Waals surface area contributed by atoms with Crippen molar-refractivity contribution in [2.75, 3.05) is 19.8 Å². The summed E-state index contributed by atoms with van der Waals surface area (Å²) in [6, 6.07) is 45.4. The average Bonchev–Trinajstić information content (AvgIpc) is 3.66. The highest BCUT2D eigenvalue weighted by Crippen LogP contribution is 2.42. The van der Waals surface area contributed by atoms with Gasteiger partial charge in [-0.15, -0.1) is 0 Å². The van der Waals surface area contributed by atoms with Gasteiger partial charge in [0.15, 0.2) is 6.29 Å². The van der Waals surface area contributed by atoms with Crippen LogP contribution in [0.2, 0.25) is 0 Å². The lowest BCUT2D eigenvalue weighted by molar-refractivity contribution is -0.360. The lowest BCUT2D eigenvalue weighted by Crippen LogP contribution is -2.69. The van der Waals surface area contributed by atoms with Gasteiger partial charge in [-0.1, -0.05) is 127 Å². The number of rotatable bonds is 21. The van der Waals surface area contributed by atoms with Crippen molar-refractivity contribution < 1.29 is 37.2 Å². The third-order valence-electron chi connectivity index (χ3n) is 10.9.